The van der Waals surface area contributed by atoms with E-state index in [0.29, 0.717) is 0 Å². The Morgan fingerprint density at radius 1 is 1.37 bits per heavy atom. The van der Waals surface area contributed by atoms with Crippen molar-refractivity contribution >= 4 is 23.7 Å². The first kappa shape index (κ1) is 15.6. The van der Waals surface area contributed by atoms with Crippen LogP contribution in [-0.2, 0) is 9.53 Å². The Morgan fingerprint density at radius 3 is 2.63 bits per heavy atom. The standard InChI is InChI=1S/C14H18O4S/c1-4-9(2)18-14(17)10(3)19-12-7-5-6-11(8-12)13(15)16/h5-10H,4H2,1-3H3,(H,15,16). The van der Waals surface area contributed by atoms with Crippen LogP contribution >= 0.6 is 11.8 Å². The molecule has 0 heterocycles. The minimum absolute atomic E-state index is 0.0964. The third-order valence-corrected chi connectivity index (χ3v) is 3.69. The second-order valence-corrected chi connectivity index (χ2v) is 5.66. The van der Waals surface area contributed by atoms with E-state index < -0.39 is 5.97 Å². The molecular formula is C14H18O4S. The molecule has 5 heteroatoms. The molecule has 0 fully saturated rings. The van der Waals surface area contributed by atoms with Gasteiger partial charge in [0.05, 0.1) is 11.7 Å². The number of hydrogen-bond donors (Lipinski definition) is 1. The first-order valence-electron chi connectivity index (χ1n) is 6.14. The summed E-state index contributed by atoms with van der Waals surface area (Å²) in [5, 5.41) is 8.54. The van der Waals surface area contributed by atoms with Crippen molar-refractivity contribution in [2.45, 2.75) is 43.4 Å². The number of esters is 1. The Kier molecular flexibility index (Phi) is 5.89. The van der Waals surface area contributed by atoms with Crippen LogP contribution in [0.15, 0.2) is 29.2 Å². The van der Waals surface area contributed by atoms with Gasteiger partial charge in [0.25, 0.3) is 0 Å². The summed E-state index contributed by atoms with van der Waals surface area (Å²) in [6.07, 6.45) is 0.679. The normalized spacial score (nSPS) is 13.6. The van der Waals surface area contributed by atoms with E-state index >= 15 is 0 Å². The minimum atomic E-state index is -0.975. The van der Waals surface area contributed by atoms with E-state index in [0.717, 1.165) is 11.3 Å². The molecule has 0 amide bonds. The highest BCUT2D eigenvalue weighted by Crippen LogP contribution is 2.25. The van der Waals surface area contributed by atoms with Crippen molar-refractivity contribution in [3.63, 3.8) is 0 Å². The van der Waals surface area contributed by atoms with Crippen LogP contribution in [0.25, 0.3) is 0 Å². The van der Waals surface area contributed by atoms with Crippen LogP contribution in [0.5, 0.6) is 0 Å². The maximum Gasteiger partial charge on any atom is 0.335 e. The van der Waals surface area contributed by atoms with Gasteiger partial charge in [-0.25, -0.2) is 4.79 Å². The van der Waals surface area contributed by atoms with Crippen LogP contribution < -0.4 is 0 Å². The SMILES string of the molecule is CCC(C)OC(=O)C(C)Sc1cccc(C(=O)O)c1. The van der Waals surface area contributed by atoms with Crippen molar-refractivity contribution in [1.82, 2.24) is 0 Å². The van der Waals surface area contributed by atoms with Gasteiger partial charge in [-0.3, -0.25) is 4.79 Å². The predicted molar refractivity (Wildman–Crippen MR) is 74.6 cm³/mol. The van der Waals surface area contributed by atoms with Gasteiger partial charge in [-0.05, 0) is 38.5 Å². The number of rotatable bonds is 6. The Bertz CT molecular complexity index is 459. The second kappa shape index (κ2) is 7.19. The summed E-state index contributed by atoms with van der Waals surface area (Å²) in [7, 11) is 0. The van der Waals surface area contributed by atoms with Crippen LogP contribution in [0.4, 0.5) is 0 Å². The highest BCUT2D eigenvalue weighted by molar-refractivity contribution is 8.00. The molecule has 0 spiro atoms. The fraction of sp³-hybridized carbons (Fsp3) is 0.429. The number of thioether (sulfide) groups is 1. The summed E-state index contributed by atoms with van der Waals surface area (Å²) >= 11 is 1.30. The number of ether oxygens (including phenoxy) is 1. The van der Waals surface area contributed by atoms with Gasteiger partial charge in [0.15, 0.2) is 0 Å². The monoisotopic (exact) mass is 282 g/mol. The van der Waals surface area contributed by atoms with Crippen LogP contribution in [0, 0.1) is 0 Å². The quantitative estimate of drug-likeness (QED) is 0.641. The molecule has 0 saturated heterocycles. The molecule has 0 aromatic heterocycles. The van der Waals surface area contributed by atoms with Gasteiger partial charge in [0.1, 0.15) is 5.25 Å². The zero-order chi connectivity index (χ0) is 14.4. The topological polar surface area (TPSA) is 63.6 Å². The summed E-state index contributed by atoms with van der Waals surface area (Å²) in [5.41, 5.74) is 0.215. The number of carboxylic acid groups (broad SMARTS) is 1. The van der Waals surface area contributed by atoms with Crippen molar-refractivity contribution in [2.75, 3.05) is 0 Å². The fourth-order valence-corrected chi connectivity index (χ4v) is 2.24. The first-order chi connectivity index (χ1) is 8.93. The Morgan fingerprint density at radius 2 is 2.05 bits per heavy atom. The fourth-order valence-electron chi connectivity index (χ4n) is 1.33. The summed E-state index contributed by atoms with van der Waals surface area (Å²) in [6.45, 7) is 5.55. The van der Waals surface area contributed by atoms with Crippen molar-refractivity contribution in [2.24, 2.45) is 0 Å². The van der Waals surface area contributed by atoms with Crippen LogP contribution in [0.1, 0.15) is 37.6 Å². The van der Waals surface area contributed by atoms with E-state index in [4.69, 9.17) is 9.84 Å². The second-order valence-electron chi connectivity index (χ2n) is 4.25. The van der Waals surface area contributed by atoms with Gasteiger partial charge in [-0.15, -0.1) is 11.8 Å². The zero-order valence-electron chi connectivity index (χ0n) is 11.3. The maximum atomic E-state index is 11.8. The Labute approximate surface area is 117 Å². The third-order valence-electron chi connectivity index (χ3n) is 2.62. The van der Waals surface area contributed by atoms with E-state index in [-0.39, 0.29) is 22.9 Å². The summed E-state index contributed by atoms with van der Waals surface area (Å²) < 4.78 is 5.24. The van der Waals surface area contributed by atoms with E-state index in [2.05, 4.69) is 0 Å². The molecular weight excluding hydrogens is 264 g/mol. The Balaban J connectivity index is 2.66. The Hall–Kier alpha value is -1.49. The summed E-state index contributed by atoms with van der Waals surface area (Å²) in [5.74, 6) is -1.25. The number of benzene rings is 1. The number of carbonyl (C=O) groups excluding carboxylic acids is 1. The lowest BCUT2D eigenvalue weighted by molar-refractivity contribution is -0.147. The lowest BCUT2D eigenvalue weighted by Crippen LogP contribution is -2.21. The van der Waals surface area contributed by atoms with Crippen molar-refractivity contribution in [3.8, 4) is 0 Å². The molecule has 2 unspecified atom stereocenters. The van der Waals surface area contributed by atoms with Gasteiger partial charge in [-0.2, -0.15) is 0 Å². The smallest absolute Gasteiger partial charge is 0.335 e. The van der Waals surface area contributed by atoms with Gasteiger partial charge in [0, 0.05) is 4.90 Å². The zero-order valence-corrected chi connectivity index (χ0v) is 12.1. The average molecular weight is 282 g/mol. The molecule has 19 heavy (non-hydrogen) atoms. The van der Waals surface area contributed by atoms with Crippen molar-refractivity contribution < 1.29 is 19.4 Å². The molecule has 1 aromatic carbocycles. The number of hydrogen-bond acceptors (Lipinski definition) is 4. The van der Waals surface area contributed by atoms with Crippen molar-refractivity contribution in [3.05, 3.63) is 29.8 Å². The predicted octanol–water partition coefficient (Wildman–Crippen LogP) is 3.21. The molecule has 0 aliphatic rings. The summed E-state index contributed by atoms with van der Waals surface area (Å²) in [6, 6.07) is 6.53. The first-order valence-corrected chi connectivity index (χ1v) is 7.02. The molecule has 1 rings (SSSR count). The highest BCUT2D eigenvalue weighted by atomic mass is 32.2. The largest absolute Gasteiger partial charge is 0.478 e. The lowest BCUT2D eigenvalue weighted by Gasteiger charge is -2.15. The molecule has 4 nitrogen and oxygen atoms in total. The third kappa shape index (κ3) is 4.95. The molecule has 2 atom stereocenters. The van der Waals surface area contributed by atoms with Gasteiger partial charge >= 0.3 is 11.9 Å². The van der Waals surface area contributed by atoms with Gasteiger partial charge in [0.2, 0.25) is 0 Å². The van der Waals surface area contributed by atoms with Crippen LogP contribution in [0.2, 0.25) is 0 Å². The van der Waals surface area contributed by atoms with E-state index in [9.17, 15) is 9.59 Å². The highest BCUT2D eigenvalue weighted by Gasteiger charge is 2.18. The van der Waals surface area contributed by atoms with Gasteiger partial charge in [-0.1, -0.05) is 13.0 Å². The minimum Gasteiger partial charge on any atom is -0.478 e. The summed E-state index contributed by atoms with van der Waals surface area (Å²) in [4.78, 5) is 23.4. The van der Waals surface area contributed by atoms with E-state index in [1.54, 1.807) is 25.1 Å². The number of carbonyl (C=O) groups is 2. The molecule has 0 radical (unpaired) electrons. The molecule has 0 aliphatic carbocycles. The molecule has 0 aliphatic heterocycles. The van der Waals surface area contributed by atoms with E-state index in [1.165, 1.54) is 17.8 Å². The molecule has 0 saturated carbocycles. The number of aromatic carboxylic acids is 1. The number of carboxylic acids is 1. The lowest BCUT2D eigenvalue weighted by atomic mass is 10.2. The maximum absolute atomic E-state index is 11.8. The average Bonchev–Trinajstić information content (AvgIpc) is 2.38. The molecule has 0 bridgehead atoms. The van der Waals surface area contributed by atoms with Gasteiger partial charge < -0.3 is 9.84 Å². The molecule has 1 N–H and O–H groups in total. The van der Waals surface area contributed by atoms with Crippen LogP contribution in [-0.4, -0.2) is 28.4 Å². The molecule has 1 aromatic rings. The van der Waals surface area contributed by atoms with Crippen LogP contribution in [0.3, 0.4) is 0 Å². The molecule has 104 valence electrons. The van der Waals surface area contributed by atoms with E-state index in [1.807, 2.05) is 13.8 Å². The van der Waals surface area contributed by atoms with Crippen molar-refractivity contribution in [1.29, 1.82) is 0 Å².